The lowest BCUT2D eigenvalue weighted by atomic mass is 10.1. The SMILES string of the molecule is CC(C)(ON=C(C(=O)N1NN(O)c2ccccc21)c1csc(N)n1)C(=O)O. The van der Waals surface area contributed by atoms with Crippen LogP contribution < -0.4 is 21.4 Å². The van der Waals surface area contributed by atoms with Crippen molar-refractivity contribution in [2.75, 3.05) is 15.9 Å². The summed E-state index contributed by atoms with van der Waals surface area (Å²) in [5.74, 6) is -1.99. The van der Waals surface area contributed by atoms with Crippen LogP contribution >= 0.6 is 11.3 Å². The largest absolute Gasteiger partial charge is 0.478 e. The maximum absolute atomic E-state index is 13.0. The predicted molar refractivity (Wildman–Crippen MR) is 97.2 cm³/mol. The number of hydrogen-bond acceptors (Lipinski definition) is 10. The molecule has 27 heavy (non-hydrogen) atoms. The van der Waals surface area contributed by atoms with Crippen molar-refractivity contribution in [3.05, 3.63) is 35.3 Å². The van der Waals surface area contributed by atoms with Crippen molar-refractivity contribution in [3.8, 4) is 0 Å². The van der Waals surface area contributed by atoms with Crippen LogP contribution in [0.1, 0.15) is 19.5 Å². The van der Waals surface area contributed by atoms with E-state index in [2.05, 4.69) is 15.7 Å². The van der Waals surface area contributed by atoms with Crippen molar-refractivity contribution < 1.29 is 24.7 Å². The van der Waals surface area contributed by atoms with Crippen molar-refractivity contribution in [1.82, 2.24) is 10.5 Å². The van der Waals surface area contributed by atoms with Crippen LogP contribution in [0.3, 0.4) is 0 Å². The van der Waals surface area contributed by atoms with Crippen LogP contribution in [0.4, 0.5) is 16.5 Å². The van der Waals surface area contributed by atoms with Crippen LogP contribution in [-0.4, -0.2) is 38.5 Å². The molecule has 1 amide bonds. The van der Waals surface area contributed by atoms with Crippen molar-refractivity contribution in [2.24, 2.45) is 5.16 Å². The van der Waals surface area contributed by atoms with Gasteiger partial charge in [0.1, 0.15) is 11.4 Å². The quantitative estimate of drug-likeness (QED) is 0.430. The van der Waals surface area contributed by atoms with Gasteiger partial charge in [0, 0.05) is 5.38 Å². The summed E-state index contributed by atoms with van der Waals surface area (Å²) >= 11 is 1.08. The van der Waals surface area contributed by atoms with Gasteiger partial charge in [0.15, 0.2) is 10.8 Å². The standard InChI is InChI=1S/C15H16N6O5S/c1-15(2,13(23)24)26-18-11(8-7-27-14(16)17-8)12(22)20-9-5-3-4-6-10(9)21(25)19-20/h3-7,19,25H,1-2H3,(H2,16,17)(H,23,24). The number of carbonyl (C=O) groups is 2. The Kier molecular flexibility index (Phi) is 4.70. The number of oxime groups is 1. The minimum Gasteiger partial charge on any atom is -0.478 e. The first-order chi connectivity index (χ1) is 12.7. The van der Waals surface area contributed by atoms with E-state index < -0.39 is 17.5 Å². The maximum atomic E-state index is 13.0. The Morgan fingerprint density at radius 2 is 2.00 bits per heavy atom. The van der Waals surface area contributed by atoms with Gasteiger partial charge in [0.25, 0.3) is 5.91 Å². The van der Waals surface area contributed by atoms with E-state index in [0.717, 1.165) is 16.3 Å². The van der Waals surface area contributed by atoms with Crippen LogP contribution in [-0.2, 0) is 14.4 Å². The molecule has 12 heteroatoms. The Morgan fingerprint density at radius 1 is 1.33 bits per heavy atom. The van der Waals surface area contributed by atoms with E-state index in [1.165, 1.54) is 19.2 Å². The van der Waals surface area contributed by atoms with Gasteiger partial charge >= 0.3 is 5.97 Å². The molecule has 0 unspecified atom stereocenters. The third kappa shape index (κ3) is 3.53. The molecule has 0 atom stereocenters. The number of nitrogens with two attached hydrogens (primary N) is 1. The number of hydrazine groups is 2. The molecule has 0 aliphatic carbocycles. The molecule has 0 fully saturated rings. The molecule has 2 heterocycles. The fraction of sp³-hybridized carbons (Fsp3) is 0.200. The number of amides is 1. The summed E-state index contributed by atoms with van der Waals surface area (Å²) in [6.07, 6.45) is 0. The fourth-order valence-electron chi connectivity index (χ4n) is 2.09. The third-order valence-corrected chi connectivity index (χ3v) is 4.27. The monoisotopic (exact) mass is 392 g/mol. The Labute approximate surface area is 157 Å². The molecule has 11 nitrogen and oxygen atoms in total. The molecular formula is C15H16N6O5S. The molecule has 1 aliphatic heterocycles. The van der Waals surface area contributed by atoms with Gasteiger partial charge in [-0.05, 0) is 26.0 Å². The summed E-state index contributed by atoms with van der Waals surface area (Å²) in [5, 5.41) is 26.2. The number of carboxylic acid groups (broad SMARTS) is 1. The second-order valence-electron chi connectivity index (χ2n) is 5.96. The Morgan fingerprint density at radius 3 is 2.59 bits per heavy atom. The summed E-state index contributed by atoms with van der Waals surface area (Å²) in [6, 6.07) is 6.57. The number of aliphatic carboxylic acids is 1. The molecule has 142 valence electrons. The Balaban J connectivity index is 1.99. The number of para-hydroxylation sites is 2. The number of nitrogens with zero attached hydrogens (tertiary/aromatic N) is 4. The zero-order chi connectivity index (χ0) is 19.8. The number of nitrogen functional groups attached to an aromatic ring is 1. The number of rotatable bonds is 5. The zero-order valence-corrected chi connectivity index (χ0v) is 15.1. The smallest absolute Gasteiger partial charge is 0.350 e. The van der Waals surface area contributed by atoms with Gasteiger partial charge in [-0.3, -0.25) is 10.0 Å². The van der Waals surface area contributed by atoms with E-state index in [1.807, 2.05) is 0 Å². The molecule has 0 saturated heterocycles. The van der Waals surface area contributed by atoms with E-state index in [0.29, 0.717) is 16.5 Å². The molecule has 5 N–H and O–H groups in total. The first kappa shape index (κ1) is 18.6. The summed E-state index contributed by atoms with van der Waals surface area (Å²) in [7, 11) is 0. The average Bonchev–Trinajstić information content (AvgIpc) is 3.19. The van der Waals surface area contributed by atoms with E-state index in [-0.39, 0.29) is 16.5 Å². The number of benzene rings is 1. The number of carboxylic acids is 1. The highest BCUT2D eigenvalue weighted by Crippen LogP contribution is 2.32. The van der Waals surface area contributed by atoms with Crippen LogP contribution in [0.25, 0.3) is 0 Å². The molecular weight excluding hydrogens is 376 g/mol. The van der Waals surface area contributed by atoms with Gasteiger partial charge < -0.3 is 15.7 Å². The fourth-order valence-corrected chi connectivity index (χ4v) is 2.63. The van der Waals surface area contributed by atoms with Crippen LogP contribution in [0.2, 0.25) is 0 Å². The number of aromatic nitrogens is 1. The highest BCUT2D eigenvalue weighted by atomic mass is 32.1. The highest BCUT2D eigenvalue weighted by molar-refractivity contribution is 7.13. The van der Waals surface area contributed by atoms with Gasteiger partial charge in [-0.1, -0.05) is 17.3 Å². The average molecular weight is 392 g/mol. The van der Waals surface area contributed by atoms with Crippen molar-refractivity contribution in [3.63, 3.8) is 0 Å². The van der Waals surface area contributed by atoms with E-state index in [4.69, 9.17) is 15.7 Å². The van der Waals surface area contributed by atoms with Gasteiger partial charge in [0.05, 0.1) is 5.69 Å². The number of fused-ring (bicyclic) bond motifs is 1. The number of carbonyl (C=O) groups excluding carboxylic acids is 1. The van der Waals surface area contributed by atoms with Crippen molar-refractivity contribution in [2.45, 2.75) is 19.4 Å². The lowest BCUT2D eigenvalue weighted by molar-refractivity contribution is -0.161. The minimum absolute atomic E-state index is 0.111. The van der Waals surface area contributed by atoms with Crippen molar-refractivity contribution in [1.29, 1.82) is 0 Å². The van der Waals surface area contributed by atoms with Gasteiger partial charge in [-0.2, -0.15) is 5.17 Å². The number of hydrogen-bond donors (Lipinski definition) is 4. The topological polar surface area (TPSA) is 154 Å². The molecule has 1 aliphatic rings. The van der Waals surface area contributed by atoms with E-state index in [9.17, 15) is 14.8 Å². The molecule has 1 aromatic carbocycles. The van der Waals surface area contributed by atoms with Crippen molar-refractivity contribution >= 4 is 45.4 Å². The molecule has 0 bridgehead atoms. The highest BCUT2D eigenvalue weighted by Gasteiger charge is 2.35. The Hall–Kier alpha value is -3.22. The summed E-state index contributed by atoms with van der Waals surface area (Å²) in [6.45, 7) is 2.57. The molecule has 2 aromatic rings. The van der Waals surface area contributed by atoms with Gasteiger partial charge in [0.2, 0.25) is 5.60 Å². The molecule has 0 radical (unpaired) electrons. The number of anilines is 3. The van der Waals surface area contributed by atoms with Gasteiger partial charge in [-0.25, -0.2) is 14.8 Å². The first-order valence-corrected chi connectivity index (χ1v) is 8.48. The zero-order valence-electron chi connectivity index (χ0n) is 14.3. The second kappa shape index (κ2) is 6.83. The number of thiazole rings is 1. The minimum atomic E-state index is -1.67. The lowest BCUT2D eigenvalue weighted by Crippen LogP contribution is -2.49. The summed E-state index contributed by atoms with van der Waals surface area (Å²) in [5.41, 5.74) is 6.94. The molecule has 3 rings (SSSR count). The van der Waals surface area contributed by atoms with Crippen LogP contribution in [0, 0.1) is 0 Å². The second-order valence-corrected chi connectivity index (χ2v) is 6.85. The first-order valence-electron chi connectivity index (χ1n) is 7.60. The normalized spacial score (nSPS) is 14.3. The summed E-state index contributed by atoms with van der Waals surface area (Å²) in [4.78, 5) is 33.4. The third-order valence-electron chi connectivity index (χ3n) is 3.60. The summed E-state index contributed by atoms with van der Waals surface area (Å²) < 4.78 is 0. The molecule has 0 saturated carbocycles. The van der Waals surface area contributed by atoms with E-state index in [1.54, 1.807) is 24.3 Å². The maximum Gasteiger partial charge on any atom is 0.350 e. The van der Waals surface area contributed by atoms with Crippen LogP contribution in [0.5, 0.6) is 0 Å². The van der Waals surface area contributed by atoms with Gasteiger partial charge in [-0.15, -0.1) is 16.9 Å². The lowest BCUT2D eigenvalue weighted by Gasteiger charge is -2.20. The molecule has 0 spiro atoms. The molecule has 1 aromatic heterocycles. The van der Waals surface area contributed by atoms with E-state index >= 15 is 0 Å². The number of nitrogens with one attached hydrogen (secondary N) is 1. The predicted octanol–water partition coefficient (Wildman–Crippen LogP) is 0.971. The van der Waals surface area contributed by atoms with Crippen LogP contribution in [0.15, 0.2) is 34.8 Å². The Bertz CT molecular complexity index is 927.